The molecule has 1 aromatic carbocycles. The van der Waals surface area contributed by atoms with Crippen LogP contribution in [0, 0.1) is 0 Å². The molecule has 96 valence electrons. The minimum absolute atomic E-state index is 0.0878. The topological polar surface area (TPSA) is 62.3 Å². The van der Waals surface area contributed by atoms with E-state index in [1.54, 1.807) is 25.3 Å². The number of nitrogens with one attached hydrogen (secondary N) is 1. The number of fused-ring (bicyclic) bond motifs is 1. The summed E-state index contributed by atoms with van der Waals surface area (Å²) in [6.45, 7) is 2.05. The number of aromatic amines is 1. The number of aromatic nitrogens is 1. The maximum absolute atomic E-state index is 11.9. The molecule has 0 radical (unpaired) electrons. The normalized spacial score (nSPS) is 10.8. The summed E-state index contributed by atoms with van der Waals surface area (Å²) in [5.41, 5.74) is 0.841. The van der Waals surface area contributed by atoms with Crippen molar-refractivity contribution in [2.75, 3.05) is 7.11 Å². The average Bonchev–Trinajstić information content (AvgIpc) is 2.38. The molecule has 0 aliphatic heterocycles. The monoisotopic (exact) mass is 247 g/mol. The maximum atomic E-state index is 11.9. The van der Waals surface area contributed by atoms with Gasteiger partial charge in [0.2, 0.25) is 0 Å². The lowest BCUT2D eigenvalue weighted by Crippen LogP contribution is -2.12. The first-order chi connectivity index (χ1) is 8.67. The van der Waals surface area contributed by atoms with Crippen LogP contribution in [0.4, 0.5) is 0 Å². The molecule has 4 heteroatoms. The molecule has 1 heterocycles. The molecule has 2 rings (SSSR count). The largest absolute Gasteiger partial charge is 0.507 e. The SMILES string of the molecule is CCCCc1c(O)c2ccc(OC)cc2[nH]c1=O. The standard InChI is InChI=1S/C14H17NO3/c1-3-4-5-11-13(16)10-7-6-9(18-2)8-12(10)15-14(11)17/h6-8H,3-5H2,1-2H3,(H2,15,16,17). The van der Waals surface area contributed by atoms with Crippen LogP contribution in [0.3, 0.4) is 0 Å². The van der Waals surface area contributed by atoms with Gasteiger partial charge in [-0.2, -0.15) is 0 Å². The van der Waals surface area contributed by atoms with Crippen molar-refractivity contribution in [1.29, 1.82) is 0 Å². The molecule has 0 aliphatic carbocycles. The summed E-state index contributed by atoms with van der Waals surface area (Å²) in [6.07, 6.45) is 2.47. The maximum Gasteiger partial charge on any atom is 0.255 e. The van der Waals surface area contributed by atoms with Crippen molar-refractivity contribution in [1.82, 2.24) is 4.98 Å². The molecular formula is C14H17NO3. The number of hydrogen-bond acceptors (Lipinski definition) is 3. The Kier molecular flexibility index (Phi) is 3.55. The Hall–Kier alpha value is -1.97. The minimum Gasteiger partial charge on any atom is -0.507 e. The number of ether oxygens (including phenoxy) is 1. The first kappa shape index (κ1) is 12.5. The Balaban J connectivity index is 2.59. The lowest BCUT2D eigenvalue weighted by molar-refractivity contribution is 0.415. The zero-order valence-corrected chi connectivity index (χ0v) is 10.6. The Morgan fingerprint density at radius 2 is 2.17 bits per heavy atom. The van der Waals surface area contributed by atoms with E-state index in [2.05, 4.69) is 11.9 Å². The number of benzene rings is 1. The summed E-state index contributed by atoms with van der Waals surface area (Å²) in [6, 6.07) is 5.24. The third-order valence-corrected chi connectivity index (χ3v) is 3.07. The quantitative estimate of drug-likeness (QED) is 0.872. The fraction of sp³-hybridized carbons (Fsp3) is 0.357. The molecule has 0 amide bonds. The second-order valence-corrected chi connectivity index (χ2v) is 4.30. The Morgan fingerprint density at radius 1 is 1.39 bits per heavy atom. The molecule has 4 nitrogen and oxygen atoms in total. The predicted molar refractivity (Wildman–Crippen MR) is 71.4 cm³/mol. The van der Waals surface area contributed by atoms with E-state index < -0.39 is 0 Å². The second kappa shape index (κ2) is 5.12. The highest BCUT2D eigenvalue weighted by Crippen LogP contribution is 2.28. The molecular weight excluding hydrogens is 230 g/mol. The van der Waals surface area contributed by atoms with Gasteiger partial charge in [0.15, 0.2) is 0 Å². The zero-order valence-electron chi connectivity index (χ0n) is 10.6. The molecule has 0 aliphatic rings. The van der Waals surface area contributed by atoms with Crippen molar-refractivity contribution < 1.29 is 9.84 Å². The summed E-state index contributed by atoms with van der Waals surface area (Å²) < 4.78 is 5.09. The fourth-order valence-corrected chi connectivity index (χ4v) is 2.01. The van der Waals surface area contributed by atoms with Gasteiger partial charge in [-0.25, -0.2) is 0 Å². The average molecular weight is 247 g/mol. The number of unbranched alkanes of at least 4 members (excludes halogenated alkanes) is 1. The van der Waals surface area contributed by atoms with E-state index >= 15 is 0 Å². The molecule has 0 saturated carbocycles. The van der Waals surface area contributed by atoms with Crippen LogP contribution in [0.25, 0.3) is 10.9 Å². The highest BCUT2D eigenvalue weighted by molar-refractivity contribution is 5.86. The predicted octanol–water partition coefficient (Wildman–Crippen LogP) is 2.58. The molecule has 0 unspecified atom stereocenters. The highest BCUT2D eigenvalue weighted by Gasteiger charge is 2.11. The van der Waals surface area contributed by atoms with Crippen molar-refractivity contribution in [2.24, 2.45) is 0 Å². The first-order valence-electron chi connectivity index (χ1n) is 6.09. The molecule has 0 fully saturated rings. The number of rotatable bonds is 4. The van der Waals surface area contributed by atoms with Gasteiger partial charge < -0.3 is 14.8 Å². The van der Waals surface area contributed by atoms with Crippen LogP contribution in [0.5, 0.6) is 11.5 Å². The van der Waals surface area contributed by atoms with E-state index in [9.17, 15) is 9.90 Å². The lowest BCUT2D eigenvalue weighted by atomic mass is 10.1. The molecule has 2 aromatic rings. The van der Waals surface area contributed by atoms with E-state index in [1.807, 2.05) is 0 Å². The van der Waals surface area contributed by atoms with Crippen molar-refractivity contribution in [3.63, 3.8) is 0 Å². The summed E-state index contributed by atoms with van der Waals surface area (Å²) in [5.74, 6) is 0.740. The van der Waals surface area contributed by atoms with E-state index in [0.717, 1.165) is 12.8 Å². The number of aromatic hydroxyl groups is 1. The third-order valence-electron chi connectivity index (χ3n) is 3.07. The van der Waals surface area contributed by atoms with E-state index in [0.29, 0.717) is 28.6 Å². The Morgan fingerprint density at radius 3 is 2.83 bits per heavy atom. The van der Waals surface area contributed by atoms with Crippen molar-refractivity contribution >= 4 is 10.9 Å². The van der Waals surface area contributed by atoms with E-state index in [1.165, 1.54) is 0 Å². The van der Waals surface area contributed by atoms with Crippen LogP contribution < -0.4 is 10.3 Å². The van der Waals surface area contributed by atoms with Crippen LogP contribution >= 0.6 is 0 Å². The van der Waals surface area contributed by atoms with Crippen LogP contribution in [-0.2, 0) is 6.42 Å². The number of hydrogen-bond donors (Lipinski definition) is 2. The van der Waals surface area contributed by atoms with Crippen molar-refractivity contribution in [3.05, 3.63) is 34.1 Å². The third kappa shape index (κ3) is 2.18. The van der Waals surface area contributed by atoms with E-state index in [4.69, 9.17) is 4.74 Å². The van der Waals surface area contributed by atoms with Crippen molar-refractivity contribution in [2.45, 2.75) is 26.2 Å². The summed E-state index contributed by atoms with van der Waals surface area (Å²) in [4.78, 5) is 14.7. The molecule has 1 aromatic heterocycles. The van der Waals surface area contributed by atoms with Crippen LogP contribution in [0.15, 0.2) is 23.0 Å². The van der Waals surface area contributed by atoms with Crippen molar-refractivity contribution in [3.8, 4) is 11.5 Å². The number of methoxy groups -OCH3 is 1. The number of H-pyrrole nitrogens is 1. The summed E-state index contributed by atoms with van der Waals surface area (Å²) in [7, 11) is 1.56. The summed E-state index contributed by atoms with van der Waals surface area (Å²) >= 11 is 0. The zero-order chi connectivity index (χ0) is 13.1. The van der Waals surface area contributed by atoms with Gasteiger partial charge in [-0.15, -0.1) is 0 Å². The van der Waals surface area contributed by atoms with Gasteiger partial charge in [0.1, 0.15) is 11.5 Å². The first-order valence-corrected chi connectivity index (χ1v) is 6.09. The molecule has 2 N–H and O–H groups in total. The number of pyridine rings is 1. The molecule has 0 bridgehead atoms. The van der Waals surface area contributed by atoms with Gasteiger partial charge in [-0.05, 0) is 25.0 Å². The van der Waals surface area contributed by atoms with E-state index in [-0.39, 0.29) is 11.3 Å². The second-order valence-electron chi connectivity index (χ2n) is 4.30. The van der Waals surface area contributed by atoms with Gasteiger partial charge in [0, 0.05) is 11.5 Å². The van der Waals surface area contributed by atoms with Crippen LogP contribution in [0.2, 0.25) is 0 Å². The molecule has 18 heavy (non-hydrogen) atoms. The van der Waals surface area contributed by atoms with Gasteiger partial charge in [-0.3, -0.25) is 4.79 Å². The Bertz CT molecular complexity index is 616. The fourth-order valence-electron chi connectivity index (χ4n) is 2.01. The van der Waals surface area contributed by atoms with Gasteiger partial charge >= 0.3 is 0 Å². The summed E-state index contributed by atoms with van der Waals surface area (Å²) in [5, 5.41) is 10.8. The van der Waals surface area contributed by atoms with Gasteiger partial charge in [0.25, 0.3) is 5.56 Å². The van der Waals surface area contributed by atoms with Gasteiger partial charge in [-0.1, -0.05) is 13.3 Å². The smallest absolute Gasteiger partial charge is 0.255 e. The lowest BCUT2D eigenvalue weighted by Gasteiger charge is -2.08. The molecule has 0 spiro atoms. The Labute approximate surface area is 105 Å². The molecule has 0 atom stereocenters. The van der Waals surface area contributed by atoms with Crippen LogP contribution in [0.1, 0.15) is 25.3 Å². The highest BCUT2D eigenvalue weighted by atomic mass is 16.5. The van der Waals surface area contributed by atoms with Crippen LogP contribution in [-0.4, -0.2) is 17.2 Å². The van der Waals surface area contributed by atoms with Gasteiger partial charge in [0.05, 0.1) is 18.2 Å². The minimum atomic E-state index is -0.221. The molecule has 0 saturated heterocycles.